The van der Waals surface area contributed by atoms with Gasteiger partial charge in [0.05, 0.1) is 5.69 Å². The fourth-order valence-corrected chi connectivity index (χ4v) is 4.10. The number of rotatable bonds is 3. The molecule has 1 amide bonds. The first-order chi connectivity index (χ1) is 11.3. The molecular weight excluding hydrogens is 348 g/mol. The Kier molecular flexibility index (Phi) is 4.50. The van der Waals surface area contributed by atoms with Crippen molar-refractivity contribution in [2.75, 3.05) is 5.75 Å². The van der Waals surface area contributed by atoms with Crippen LogP contribution in [0.2, 0.25) is 0 Å². The zero-order chi connectivity index (χ0) is 17.5. The number of thioether (sulfide) groups is 1. The first kappa shape index (κ1) is 17.1. The molecule has 0 spiro atoms. The van der Waals surface area contributed by atoms with Gasteiger partial charge in [0.2, 0.25) is 5.91 Å². The standard InChI is InChI=1S/C15H18N4O3S2/c1-15(2,3)22-14(21)11-8(4-5-9-7-24-18-17-9)6-23-13-10(16)12(20)19(11)13/h4-5,7,10,13H,6,16H2,1-3H3/b5-4-/t10?,13-/m1/s1. The number of esters is 1. The molecule has 1 fully saturated rings. The maximum Gasteiger partial charge on any atom is 0.355 e. The Morgan fingerprint density at radius 2 is 2.21 bits per heavy atom. The second kappa shape index (κ2) is 6.30. The molecular formula is C15H18N4O3S2. The lowest BCUT2D eigenvalue weighted by Crippen LogP contribution is -2.68. The molecule has 3 heterocycles. The number of aromatic nitrogens is 2. The number of nitrogens with two attached hydrogens (primary N) is 1. The fraction of sp³-hybridized carbons (Fsp3) is 0.467. The summed E-state index contributed by atoms with van der Waals surface area (Å²) in [5.41, 5.74) is 6.90. The van der Waals surface area contributed by atoms with Crippen LogP contribution < -0.4 is 5.73 Å². The van der Waals surface area contributed by atoms with Gasteiger partial charge in [-0.25, -0.2) is 4.79 Å². The van der Waals surface area contributed by atoms with E-state index in [4.69, 9.17) is 10.5 Å². The monoisotopic (exact) mass is 366 g/mol. The van der Waals surface area contributed by atoms with E-state index in [1.807, 2.05) is 0 Å². The summed E-state index contributed by atoms with van der Waals surface area (Å²) in [5.74, 6) is -0.191. The highest BCUT2D eigenvalue weighted by Crippen LogP contribution is 2.40. The summed E-state index contributed by atoms with van der Waals surface area (Å²) in [4.78, 5) is 26.2. The largest absolute Gasteiger partial charge is 0.455 e. The normalized spacial score (nSPS) is 24.2. The number of β-lactam (4-membered cyclic amide) rings is 1. The molecule has 0 saturated carbocycles. The molecule has 3 rings (SSSR count). The summed E-state index contributed by atoms with van der Waals surface area (Å²) in [7, 11) is 0. The molecule has 9 heteroatoms. The molecule has 2 N–H and O–H groups in total. The molecule has 0 aliphatic carbocycles. The Morgan fingerprint density at radius 3 is 2.83 bits per heavy atom. The Hall–Kier alpha value is -1.71. The molecule has 1 aromatic rings. The number of fused-ring (bicyclic) bond motifs is 1. The average Bonchev–Trinajstić information content (AvgIpc) is 3.02. The van der Waals surface area contributed by atoms with Gasteiger partial charge in [-0.1, -0.05) is 10.6 Å². The predicted molar refractivity (Wildman–Crippen MR) is 92.9 cm³/mol. The Bertz CT molecular complexity index is 722. The maximum atomic E-state index is 12.6. The van der Waals surface area contributed by atoms with E-state index < -0.39 is 17.6 Å². The lowest BCUT2D eigenvalue weighted by molar-refractivity contribution is -0.157. The van der Waals surface area contributed by atoms with Crippen molar-refractivity contribution in [2.24, 2.45) is 5.73 Å². The molecule has 128 valence electrons. The first-order valence-corrected chi connectivity index (χ1v) is 9.28. The third-order valence-corrected chi connectivity index (χ3v) is 5.31. The number of hydrogen-bond acceptors (Lipinski definition) is 8. The van der Waals surface area contributed by atoms with Crippen LogP contribution in [0.4, 0.5) is 0 Å². The van der Waals surface area contributed by atoms with Gasteiger partial charge in [-0.3, -0.25) is 9.69 Å². The zero-order valence-electron chi connectivity index (χ0n) is 13.6. The van der Waals surface area contributed by atoms with Crippen LogP contribution in [0.1, 0.15) is 26.5 Å². The SMILES string of the molecule is CC(C)(C)OC(=O)C1=C(/C=C\c2csnn2)CS[C@@H]2C(N)C(=O)N12. The van der Waals surface area contributed by atoms with Gasteiger partial charge >= 0.3 is 5.97 Å². The van der Waals surface area contributed by atoms with Gasteiger partial charge in [-0.05, 0) is 44.0 Å². The second-order valence-electron chi connectivity index (χ2n) is 6.47. The van der Waals surface area contributed by atoms with Crippen LogP contribution in [-0.4, -0.2) is 49.1 Å². The minimum atomic E-state index is -0.645. The molecule has 1 aromatic heterocycles. The zero-order valence-corrected chi connectivity index (χ0v) is 15.2. The van der Waals surface area contributed by atoms with Gasteiger partial charge in [-0.15, -0.1) is 16.9 Å². The first-order valence-electron chi connectivity index (χ1n) is 7.40. The van der Waals surface area contributed by atoms with Crippen LogP contribution in [0.25, 0.3) is 6.08 Å². The van der Waals surface area contributed by atoms with E-state index in [0.717, 1.165) is 5.57 Å². The van der Waals surface area contributed by atoms with Crippen molar-refractivity contribution in [1.82, 2.24) is 14.5 Å². The maximum absolute atomic E-state index is 12.6. The van der Waals surface area contributed by atoms with Crippen molar-refractivity contribution >= 4 is 41.2 Å². The summed E-state index contributed by atoms with van der Waals surface area (Å²) in [6, 6.07) is -0.569. The third-order valence-electron chi connectivity index (χ3n) is 3.46. The molecule has 0 aromatic carbocycles. The highest BCUT2D eigenvalue weighted by molar-refractivity contribution is 8.00. The van der Waals surface area contributed by atoms with Crippen molar-refractivity contribution in [3.05, 3.63) is 28.4 Å². The Labute approximate surface area is 148 Å². The number of ether oxygens (including phenoxy) is 1. The Morgan fingerprint density at radius 1 is 1.46 bits per heavy atom. The molecule has 2 aliphatic heterocycles. The molecule has 1 saturated heterocycles. The predicted octanol–water partition coefficient (Wildman–Crippen LogP) is 1.39. The van der Waals surface area contributed by atoms with Gasteiger partial charge in [0.15, 0.2) is 0 Å². The number of nitrogens with zero attached hydrogens (tertiary/aromatic N) is 3. The molecule has 7 nitrogen and oxygen atoms in total. The van der Waals surface area contributed by atoms with E-state index in [1.54, 1.807) is 38.3 Å². The molecule has 2 aliphatic rings. The smallest absolute Gasteiger partial charge is 0.355 e. The lowest BCUT2D eigenvalue weighted by Gasteiger charge is -2.48. The second-order valence-corrected chi connectivity index (χ2v) is 8.19. The number of amides is 1. The summed E-state index contributed by atoms with van der Waals surface area (Å²) >= 11 is 2.79. The van der Waals surface area contributed by atoms with Crippen LogP contribution >= 0.6 is 23.3 Å². The van der Waals surface area contributed by atoms with E-state index in [2.05, 4.69) is 9.59 Å². The fourth-order valence-electron chi connectivity index (χ4n) is 2.41. The summed E-state index contributed by atoms with van der Waals surface area (Å²) in [6.45, 7) is 5.38. The summed E-state index contributed by atoms with van der Waals surface area (Å²) in [6.07, 6.45) is 3.56. The van der Waals surface area contributed by atoms with Gasteiger partial charge < -0.3 is 10.5 Å². The minimum absolute atomic E-state index is 0.210. The molecule has 0 radical (unpaired) electrons. The summed E-state index contributed by atoms with van der Waals surface area (Å²) < 4.78 is 9.28. The summed E-state index contributed by atoms with van der Waals surface area (Å²) in [5, 5.41) is 5.53. The molecule has 2 atom stereocenters. The van der Waals surface area contributed by atoms with Crippen LogP contribution in [0.5, 0.6) is 0 Å². The van der Waals surface area contributed by atoms with Crippen molar-refractivity contribution < 1.29 is 14.3 Å². The third kappa shape index (κ3) is 3.24. The molecule has 1 unspecified atom stereocenters. The topological polar surface area (TPSA) is 98.4 Å². The van der Waals surface area contributed by atoms with E-state index in [9.17, 15) is 9.59 Å². The molecule has 0 bridgehead atoms. The Balaban J connectivity index is 1.95. The quantitative estimate of drug-likeness (QED) is 0.637. The number of carbonyl (C=O) groups excluding carboxylic acids is 2. The average molecular weight is 366 g/mol. The van der Waals surface area contributed by atoms with Crippen LogP contribution in [0, 0.1) is 0 Å². The van der Waals surface area contributed by atoms with Gasteiger partial charge in [0.1, 0.15) is 22.7 Å². The van der Waals surface area contributed by atoms with Gasteiger partial charge in [0.25, 0.3) is 0 Å². The van der Waals surface area contributed by atoms with E-state index in [1.165, 1.54) is 28.2 Å². The van der Waals surface area contributed by atoms with Crippen molar-refractivity contribution in [3.63, 3.8) is 0 Å². The number of hydrogen-bond donors (Lipinski definition) is 1. The van der Waals surface area contributed by atoms with Gasteiger partial charge in [0, 0.05) is 11.1 Å². The van der Waals surface area contributed by atoms with Crippen LogP contribution in [0.3, 0.4) is 0 Å². The van der Waals surface area contributed by atoms with Crippen molar-refractivity contribution in [3.8, 4) is 0 Å². The van der Waals surface area contributed by atoms with E-state index in [-0.39, 0.29) is 17.0 Å². The van der Waals surface area contributed by atoms with E-state index >= 15 is 0 Å². The van der Waals surface area contributed by atoms with Crippen LogP contribution in [-0.2, 0) is 14.3 Å². The van der Waals surface area contributed by atoms with Crippen molar-refractivity contribution in [1.29, 1.82) is 0 Å². The highest BCUT2D eigenvalue weighted by Gasteiger charge is 2.52. The highest BCUT2D eigenvalue weighted by atomic mass is 32.2. The van der Waals surface area contributed by atoms with E-state index in [0.29, 0.717) is 11.4 Å². The van der Waals surface area contributed by atoms with Crippen molar-refractivity contribution in [2.45, 2.75) is 37.8 Å². The molecule has 24 heavy (non-hydrogen) atoms. The van der Waals surface area contributed by atoms with Gasteiger partial charge in [-0.2, -0.15) is 0 Å². The number of carbonyl (C=O) groups is 2. The lowest BCUT2D eigenvalue weighted by atomic mass is 10.0. The minimum Gasteiger partial charge on any atom is -0.455 e. The number of allylic oxidation sites excluding steroid dienone is 1. The van der Waals surface area contributed by atoms with Crippen LogP contribution in [0.15, 0.2) is 22.7 Å².